The Morgan fingerprint density at radius 2 is 1.83 bits per heavy atom. The number of nitrogen functional groups attached to an aromatic ring is 1. The highest BCUT2D eigenvalue weighted by atomic mass is 16.6. The summed E-state index contributed by atoms with van der Waals surface area (Å²) < 4.78 is 16.0. The molecule has 0 spiro atoms. The summed E-state index contributed by atoms with van der Waals surface area (Å²) in [5, 5.41) is 0. The van der Waals surface area contributed by atoms with E-state index in [0.29, 0.717) is 17.9 Å². The van der Waals surface area contributed by atoms with Crippen molar-refractivity contribution >= 4 is 17.7 Å². The first-order valence-corrected chi connectivity index (χ1v) is 7.79. The third-order valence-electron chi connectivity index (χ3n) is 3.55. The van der Waals surface area contributed by atoms with Crippen molar-refractivity contribution in [1.82, 2.24) is 4.90 Å². The molecule has 7 nitrogen and oxygen atoms in total. The van der Waals surface area contributed by atoms with E-state index in [9.17, 15) is 9.59 Å². The molecular weight excluding hydrogens is 312 g/mol. The quantitative estimate of drug-likeness (QED) is 0.672. The van der Waals surface area contributed by atoms with E-state index in [1.54, 1.807) is 45.0 Å². The Morgan fingerprint density at radius 3 is 2.38 bits per heavy atom. The second kappa shape index (κ2) is 6.98. The maximum atomic E-state index is 12.4. The summed E-state index contributed by atoms with van der Waals surface area (Å²) in [6.45, 7) is 5.57. The molecule has 1 amide bonds. The summed E-state index contributed by atoms with van der Waals surface area (Å²) in [6, 6.07) is 6.24. The molecule has 7 heteroatoms. The number of benzene rings is 1. The van der Waals surface area contributed by atoms with Crippen LogP contribution in [0.1, 0.15) is 27.2 Å². The average Bonchev–Trinajstić information content (AvgIpc) is 2.91. The number of hydrogen-bond acceptors (Lipinski definition) is 6. The molecule has 1 saturated heterocycles. The number of ether oxygens (including phenoxy) is 3. The molecule has 0 saturated carbocycles. The molecule has 2 N–H and O–H groups in total. The first-order valence-electron chi connectivity index (χ1n) is 7.79. The second-order valence-electron chi connectivity index (χ2n) is 6.72. The predicted molar refractivity (Wildman–Crippen MR) is 88.6 cm³/mol. The summed E-state index contributed by atoms with van der Waals surface area (Å²) in [5.74, 6) is 0.146. The smallest absolute Gasteiger partial charge is 0.411 e. The molecule has 1 unspecified atom stereocenters. The minimum atomic E-state index is -0.719. The van der Waals surface area contributed by atoms with Gasteiger partial charge in [-0.3, -0.25) is 4.90 Å². The van der Waals surface area contributed by atoms with Gasteiger partial charge in [-0.1, -0.05) is 0 Å². The number of amides is 1. The van der Waals surface area contributed by atoms with Crippen LogP contribution in [-0.4, -0.2) is 48.4 Å². The Morgan fingerprint density at radius 1 is 1.21 bits per heavy atom. The van der Waals surface area contributed by atoms with Crippen LogP contribution in [0.5, 0.6) is 5.75 Å². The van der Waals surface area contributed by atoms with Crippen LogP contribution in [0.25, 0.3) is 0 Å². The lowest BCUT2D eigenvalue weighted by molar-refractivity contribution is -0.145. The Kier molecular flexibility index (Phi) is 5.21. The van der Waals surface area contributed by atoms with E-state index in [1.165, 1.54) is 12.0 Å². The highest BCUT2D eigenvalue weighted by molar-refractivity contribution is 5.82. The number of methoxy groups -OCH3 is 1. The van der Waals surface area contributed by atoms with Crippen molar-refractivity contribution in [3.63, 3.8) is 0 Å². The van der Waals surface area contributed by atoms with Crippen molar-refractivity contribution in [2.75, 3.05) is 19.4 Å². The van der Waals surface area contributed by atoms with Crippen molar-refractivity contribution in [2.45, 2.75) is 44.9 Å². The normalized spacial score (nSPS) is 20.6. The van der Waals surface area contributed by atoms with Crippen LogP contribution in [0, 0.1) is 0 Å². The molecule has 0 aliphatic carbocycles. The molecule has 1 aliphatic rings. The molecule has 0 bridgehead atoms. The predicted octanol–water partition coefficient (Wildman–Crippen LogP) is 2.20. The number of hydrogen-bond donors (Lipinski definition) is 1. The molecule has 1 heterocycles. The summed E-state index contributed by atoms with van der Waals surface area (Å²) in [6.07, 6.45) is -0.539. The van der Waals surface area contributed by atoms with E-state index < -0.39 is 23.7 Å². The SMILES string of the molecule is COC(=O)[C@@H]1CC(Oc2ccc(N)cc2)CN1C(=O)OC(C)(C)C. The fourth-order valence-corrected chi connectivity index (χ4v) is 2.50. The number of rotatable bonds is 3. The van der Waals surface area contributed by atoms with Gasteiger partial charge in [-0.2, -0.15) is 0 Å². The molecule has 0 aromatic heterocycles. The zero-order valence-corrected chi connectivity index (χ0v) is 14.4. The van der Waals surface area contributed by atoms with Crippen LogP contribution in [0.2, 0.25) is 0 Å². The van der Waals surface area contributed by atoms with Gasteiger partial charge in [0.25, 0.3) is 0 Å². The molecule has 1 aromatic carbocycles. The summed E-state index contributed by atoms with van der Waals surface area (Å²) in [5.41, 5.74) is 5.64. The van der Waals surface area contributed by atoms with Crippen molar-refractivity contribution in [2.24, 2.45) is 0 Å². The maximum Gasteiger partial charge on any atom is 0.411 e. The number of esters is 1. The molecular formula is C17H24N2O5. The van der Waals surface area contributed by atoms with Crippen LogP contribution in [-0.2, 0) is 14.3 Å². The van der Waals surface area contributed by atoms with Gasteiger partial charge in [-0.15, -0.1) is 0 Å². The lowest BCUT2D eigenvalue weighted by Gasteiger charge is -2.27. The Bertz CT molecular complexity index is 594. The summed E-state index contributed by atoms with van der Waals surface area (Å²) >= 11 is 0. The largest absolute Gasteiger partial charge is 0.488 e. The Balaban J connectivity index is 2.09. The van der Waals surface area contributed by atoms with Crippen LogP contribution in [0.15, 0.2) is 24.3 Å². The number of anilines is 1. The van der Waals surface area contributed by atoms with Crippen LogP contribution in [0.3, 0.4) is 0 Å². The molecule has 1 fully saturated rings. The van der Waals surface area contributed by atoms with E-state index in [0.717, 1.165) is 0 Å². The third kappa shape index (κ3) is 4.53. The fourth-order valence-electron chi connectivity index (χ4n) is 2.50. The molecule has 0 radical (unpaired) electrons. The number of likely N-dealkylation sites (tertiary alicyclic amines) is 1. The van der Waals surface area contributed by atoms with Gasteiger partial charge in [0, 0.05) is 12.1 Å². The van der Waals surface area contributed by atoms with Gasteiger partial charge in [-0.05, 0) is 45.0 Å². The zero-order valence-electron chi connectivity index (χ0n) is 14.4. The lowest BCUT2D eigenvalue weighted by Crippen LogP contribution is -2.44. The lowest BCUT2D eigenvalue weighted by atomic mass is 10.2. The molecule has 1 aromatic rings. The van der Waals surface area contributed by atoms with Gasteiger partial charge in [0.2, 0.25) is 0 Å². The topological polar surface area (TPSA) is 91.1 Å². The Labute approximate surface area is 141 Å². The third-order valence-corrected chi connectivity index (χ3v) is 3.55. The van der Waals surface area contributed by atoms with Gasteiger partial charge in [0.15, 0.2) is 0 Å². The van der Waals surface area contributed by atoms with Crippen LogP contribution in [0.4, 0.5) is 10.5 Å². The highest BCUT2D eigenvalue weighted by Crippen LogP contribution is 2.26. The maximum absolute atomic E-state index is 12.4. The highest BCUT2D eigenvalue weighted by Gasteiger charge is 2.43. The van der Waals surface area contributed by atoms with E-state index in [1.807, 2.05) is 0 Å². The minimum absolute atomic E-state index is 0.249. The van der Waals surface area contributed by atoms with Gasteiger partial charge in [-0.25, -0.2) is 9.59 Å². The van der Waals surface area contributed by atoms with E-state index in [2.05, 4.69) is 0 Å². The molecule has 2 atom stereocenters. The fraction of sp³-hybridized carbons (Fsp3) is 0.529. The first-order chi connectivity index (χ1) is 11.2. The standard InChI is InChI=1S/C17H24N2O5/c1-17(2,3)24-16(21)19-10-13(9-14(19)15(20)22-4)23-12-7-5-11(18)6-8-12/h5-8,13-14H,9-10,18H2,1-4H3/t13?,14-/m0/s1. The van der Waals surface area contributed by atoms with Gasteiger partial charge >= 0.3 is 12.1 Å². The first kappa shape index (κ1) is 17.9. The van der Waals surface area contributed by atoms with Gasteiger partial charge < -0.3 is 19.9 Å². The average molecular weight is 336 g/mol. The summed E-state index contributed by atoms with van der Waals surface area (Å²) in [4.78, 5) is 25.7. The van der Waals surface area contributed by atoms with E-state index in [-0.39, 0.29) is 12.6 Å². The van der Waals surface area contributed by atoms with Crippen molar-refractivity contribution in [3.05, 3.63) is 24.3 Å². The van der Waals surface area contributed by atoms with Crippen molar-refractivity contribution in [3.8, 4) is 5.75 Å². The summed E-state index contributed by atoms with van der Waals surface area (Å²) in [7, 11) is 1.30. The molecule has 24 heavy (non-hydrogen) atoms. The molecule has 1 aliphatic heterocycles. The number of carbonyl (C=O) groups excluding carboxylic acids is 2. The molecule has 132 valence electrons. The van der Waals surface area contributed by atoms with Crippen molar-refractivity contribution in [1.29, 1.82) is 0 Å². The van der Waals surface area contributed by atoms with Gasteiger partial charge in [0.1, 0.15) is 23.5 Å². The Hall–Kier alpha value is -2.44. The van der Waals surface area contributed by atoms with Crippen LogP contribution >= 0.6 is 0 Å². The van der Waals surface area contributed by atoms with Crippen LogP contribution < -0.4 is 10.5 Å². The van der Waals surface area contributed by atoms with Gasteiger partial charge in [0.05, 0.1) is 13.7 Å². The minimum Gasteiger partial charge on any atom is -0.488 e. The number of nitrogens with two attached hydrogens (primary N) is 1. The monoisotopic (exact) mass is 336 g/mol. The van der Waals surface area contributed by atoms with E-state index >= 15 is 0 Å². The van der Waals surface area contributed by atoms with E-state index in [4.69, 9.17) is 19.9 Å². The number of nitrogens with zero attached hydrogens (tertiary/aromatic N) is 1. The molecule has 2 rings (SSSR count). The number of carbonyl (C=O) groups is 2. The zero-order chi connectivity index (χ0) is 17.9. The second-order valence-corrected chi connectivity index (χ2v) is 6.72. The van der Waals surface area contributed by atoms with Crippen molar-refractivity contribution < 1.29 is 23.8 Å².